The number of carbonyl (C=O) groups is 2. The molecule has 0 spiro atoms. The van der Waals surface area contributed by atoms with Crippen molar-refractivity contribution in [2.75, 3.05) is 6.61 Å². The summed E-state index contributed by atoms with van der Waals surface area (Å²) < 4.78 is 5.93. The molecular weight excluding hydrogens is 767 g/mol. The second-order valence-corrected chi connectivity index (χ2v) is 18.7. The van der Waals surface area contributed by atoms with Crippen molar-refractivity contribution in [3.63, 3.8) is 0 Å². The predicted octanol–water partition coefficient (Wildman–Crippen LogP) is 16.5. The van der Waals surface area contributed by atoms with Gasteiger partial charge in [-0.05, 0) is 77.0 Å². The van der Waals surface area contributed by atoms with Crippen molar-refractivity contribution in [3.8, 4) is 0 Å². The minimum atomic E-state index is -0.793. The van der Waals surface area contributed by atoms with E-state index in [1.165, 1.54) is 167 Å². The Bertz CT molecular complexity index is 1020. The van der Waals surface area contributed by atoms with Crippen LogP contribution >= 0.6 is 0 Å². The van der Waals surface area contributed by atoms with Gasteiger partial charge in [0.2, 0.25) is 5.91 Å². The topological polar surface area (TPSA) is 95.9 Å². The molecule has 1 amide bonds. The summed E-state index contributed by atoms with van der Waals surface area (Å²) in [6.07, 6.45) is 59.2. The fraction of sp³-hybridized carbons (Fsp3) is 0.857. The molecule has 0 bridgehead atoms. The highest BCUT2D eigenvalue weighted by molar-refractivity contribution is 5.77. The molecule has 0 aliphatic heterocycles. The first kappa shape index (κ1) is 60.1. The number of carbonyl (C=O) groups excluding carboxylic acids is 2. The summed E-state index contributed by atoms with van der Waals surface area (Å²) >= 11 is 0. The van der Waals surface area contributed by atoms with Crippen LogP contribution in [0.5, 0.6) is 0 Å². The van der Waals surface area contributed by atoms with E-state index in [-0.39, 0.29) is 24.9 Å². The van der Waals surface area contributed by atoms with Gasteiger partial charge in [0, 0.05) is 6.42 Å². The first-order valence-corrected chi connectivity index (χ1v) is 27.2. The normalized spacial score (nSPS) is 13.4. The van der Waals surface area contributed by atoms with E-state index in [2.05, 4.69) is 62.5 Å². The summed E-state index contributed by atoms with van der Waals surface area (Å²) in [5, 5.41) is 23.8. The van der Waals surface area contributed by atoms with E-state index >= 15 is 0 Å². The average Bonchev–Trinajstić information content (AvgIpc) is 3.26. The fourth-order valence-electron chi connectivity index (χ4n) is 8.30. The van der Waals surface area contributed by atoms with E-state index in [1.807, 2.05) is 0 Å². The van der Waals surface area contributed by atoms with E-state index in [4.69, 9.17) is 4.74 Å². The molecule has 3 N–H and O–H groups in total. The van der Waals surface area contributed by atoms with Gasteiger partial charge in [-0.25, -0.2) is 0 Å². The number of amides is 1. The molecule has 6 heteroatoms. The Morgan fingerprint density at radius 1 is 0.468 bits per heavy atom. The van der Waals surface area contributed by atoms with Crippen LogP contribution in [0, 0.1) is 0 Å². The first-order chi connectivity index (χ1) is 30.5. The van der Waals surface area contributed by atoms with Gasteiger partial charge < -0.3 is 20.3 Å². The number of aliphatic hydroxyl groups excluding tert-OH is 2. The lowest BCUT2D eigenvalue weighted by Crippen LogP contribution is -2.46. The highest BCUT2D eigenvalue weighted by Gasteiger charge is 2.24. The minimum Gasteiger partial charge on any atom is -0.462 e. The van der Waals surface area contributed by atoms with Gasteiger partial charge in [-0.2, -0.15) is 0 Å². The van der Waals surface area contributed by atoms with Crippen LogP contribution in [0.15, 0.2) is 36.5 Å². The highest BCUT2D eigenvalue weighted by Crippen LogP contribution is 2.18. The van der Waals surface area contributed by atoms with Gasteiger partial charge in [-0.3, -0.25) is 9.59 Å². The van der Waals surface area contributed by atoms with Gasteiger partial charge in [0.1, 0.15) is 6.10 Å². The third kappa shape index (κ3) is 44.7. The molecule has 0 radical (unpaired) electrons. The summed E-state index contributed by atoms with van der Waals surface area (Å²) in [6, 6.07) is -0.709. The second kappa shape index (κ2) is 50.1. The number of nitrogens with one attached hydrogen (secondary N) is 1. The molecule has 0 aliphatic carbocycles. The van der Waals surface area contributed by atoms with E-state index in [0.29, 0.717) is 19.3 Å². The zero-order chi connectivity index (χ0) is 45.2. The number of unbranched alkanes of at least 4 members (excludes halogenated alkanes) is 32. The molecule has 0 aromatic carbocycles. The van der Waals surface area contributed by atoms with Crippen LogP contribution in [0.3, 0.4) is 0 Å². The Morgan fingerprint density at radius 3 is 1.27 bits per heavy atom. The Labute approximate surface area is 385 Å². The molecule has 0 aromatic heterocycles. The number of aliphatic hydroxyl groups is 2. The molecule has 3 unspecified atom stereocenters. The van der Waals surface area contributed by atoms with Gasteiger partial charge in [0.15, 0.2) is 0 Å². The molecule has 62 heavy (non-hydrogen) atoms. The molecule has 0 rings (SSSR count). The van der Waals surface area contributed by atoms with E-state index in [9.17, 15) is 19.8 Å². The van der Waals surface area contributed by atoms with Gasteiger partial charge in [0.25, 0.3) is 0 Å². The zero-order valence-electron chi connectivity index (χ0n) is 41.5. The molecule has 0 saturated heterocycles. The van der Waals surface area contributed by atoms with E-state index in [0.717, 1.165) is 70.6 Å². The first-order valence-electron chi connectivity index (χ1n) is 27.2. The Hall–Kier alpha value is -1.92. The second-order valence-electron chi connectivity index (χ2n) is 18.7. The van der Waals surface area contributed by atoms with Crippen molar-refractivity contribution >= 4 is 11.9 Å². The Balaban J connectivity index is 4.62. The molecule has 3 atom stereocenters. The lowest BCUT2D eigenvalue weighted by molar-refractivity contribution is -0.151. The zero-order valence-corrected chi connectivity index (χ0v) is 41.5. The monoisotopic (exact) mass is 872 g/mol. The maximum Gasteiger partial charge on any atom is 0.306 e. The molecule has 0 heterocycles. The van der Waals surface area contributed by atoms with Crippen LogP contribution in [0.1, 0.15) is 284 Å². The van der Waals surface area contributed by atoms with Crippen molar-refractivity contribution in [1.29, 1.82) is 0 Å². The summed E-state index contributed by atoms with van der Waals surface area (Å²) in [5.41, 5.74) is 0. The summed E-state index contributed by atoms with van der Waals surface area (Å²) in [5.74, 6) is -0.495. The number of hydrogen-bond donors (Lipinski definition) is 3. The molecule has 0 aliphatic rings. The lowest BCUT2D eigenvalue weighted by atomic mass is 10.0. The molecule has 364 valence electrons. The fourth-order valence-corrected chi connectivity index (χ4v) is 8.30. The van der Waals surface area contributed by atoms with Crippen LogP contribution in [0.2, 0.25) is 0 Å². The smallest absolute Gasteiger partial charge is 0.306 e. The largest absolute Gasteiger partial charge is 0.462 e. The van der Waals surface area contributed by atoms with Crippen molar-refractivity contribution < 1.29 is 24.5 Å². The summed E-state index contributed by atoms with van der Waals surface area (Å²) in [7, 11) is 0. The van der Waals surface area contributed by atoms with Gasteiger partial charge in [0.05, 0.1) is 25.2 Å². The van der Waals surface area contributed by atoms with E-state index < -0.39 is 18.2 Å². The molecule has 6 nitrogen and oxygen atoms in total. The third-order valence-electron chi connectivity index (χ3n) is 12.5. The maximum absolute atomic E-state index is 13.2. The Morgan fingerprint density at radius 2 is 0.823 bits per heavy atom. The van der Waals surface area contributed by atoms with E-state index in [1.54, 1.807) is 0 Å². The SMILES string of the molecule is CCCCCC/C=C\CCCCCCCCCC(=O)OC(CCCCC/C=C/C=C/CCCCCCCCC)CC(=O)NC(CO)C(O)CCCCCCCCCCCCCC. The van der Waals surface area contributed by atoms with Crippen molar-refractivity contribution in [2.45, 2.75) is 302 Å². The molecule has 0 fully saturated rings. The van der Waals surface area contributed by atoms with Gasteiger partial charge in [-0.1, -0.05) is 231 Å². The summed E-state index contributed by atoms with van der Waals surface area (Å²) in [4.78, 5) is 26.2. The van der Waals surface area contributed by atoms with Gasteiger partial charge >= 0.3 is 5.97 Å². The molecule has 0 aromatic rings. The summed E-state index contributed by atoms with van der Waals surface area (Å²) in [6.45, 7) is 6.47. The number of ether oxygens (including phenoxy) is 1. The van der Waals surface area contributed by atoms with Crippen molar-refractivity contribution in [2.24, 2.45) is 0 Å². The number of esters is 1. The van der Waals surface area contributed by atoms with Crippen LogP contribution in [0.25, 0.3) is 0 Å². The van der Waals surface area contributed by atoms with Crippen LogP contribution in [-0.4, -0.2) is 46.9 Å². The third-order valence-corrected chi connectivity index (χ3v) is 12.5. The molecule has 0 saturated carbocycles. The quantitative estimate of drug-likeness (QED) is 0.0245. The average molecular weight is 872 g/mol. The number of allylic oxidation sites excluding steroid dienone is 6. The van der Waals surface area contributed by atoms with Crippen LogP contribution < -0.4 is 5.32 Å². The number of hydrogen-bond acceptors (Lipinski definition) is 5. The molecular formula is C56H105NO5. The standard InChI is InChI=1S/C56H105NO5/c1-4-7-10-13-16-19-22-25-27-29-30-32-35-38-41-44-47-52(62-56(61)49-46-43-40-37-34-31-28-26-23-20-17-14-11-8-5-2)50-55(60)57-53(51-58)54(59)48-45-42-39-36-33-24-21-18-15-12-9-6-3/h20,23,27,29-30,32,52-54,58-59H,4-19,21-22,24-26,28,31,33-51H2,1-3H3,(H,57,60)/b23-20-,29-27+,32-30+. The minimum absolute atomic E-state index is 0.0606. The van der Waals surface area contributed by atoms with Crippen LogP contribution in [-0.2, 0) is 14.3 Å². The lowest BCUT2D eigenvalue weighted by Gasteiger charge is -2.24. The number of rotatable bonds is 49. The van der Waals surface area contributed by atoms with Crippen molar-refractivity contribution in [3.05, 3.63) is 36.5 Å². The maximum atomic E-state index is 13.2. The van der Waals surface area contributed by atoms with Crippen molar-refractivity contribution in [1.82, 2.24) is 5.32 Å². The predicted molar refractivity (Wildman–Crippen MR) is 269 cm³/mol. The Kier molecular flexibility index (Phi) is 48.5. The van der Waals surface area contributed by atoms with Gasteiger partial charge in [-0.15, -0.1) is 0 Å². The highest BCUT2D eigenvalue weighted by atomic mass is 16.5. The van der Waals surface area contributed by atoms with Crippen LogP contribution in [0.4, 0.5) is 0 Å².